The van der Waals surface area contributed by atoms with Gasteiger partial charge in [0.15, 0.2) is 0 Å². The maximum absolute atomic E-state index is 5.94. The fourth-order valence-corrected chi connectivity index (χ4v) is 1.69. The topological polar surface area (TPSA) is 37.8 Å². The van der Waals surface area contributed by atoms with Crippen molar-refractivity contribution < 1.29 is 0 Å². The monoisotopic (exact) mass is 225 g/mol. The number of halogens is 1. The average molecular weight is 226 g/mol. The molecule has 0 bridgehead atoms. The first-order valence-corrected chi connectivity index (χ1v) is 5.81. The van der Waals surface area contributed by atoms with Gasteiger partial charge in [-0.2, -0.15) is 0 Å². The summed E-state index contributed by atoms with van der Waals surface area (Å²) in [5, 5.41) is 3.92. The predicted octanol–water partition coefficient (Wildman–Crippen LogP) is 3.05. The molecule has 0 spiro atoms. The van der Waals surface area contributed by atoms with Gasteiger partial charge in [-0.1, -0.05) is 18.5 Å². The highest BCUT2D eigenvalue weighted by Gasteiger charge is 2.37. The van der Waals surface area contributed by atoms with Crippen molar-refractivity contribution in [1.82, 2.24) is 9.97 Å². The Hall–Kier alpha value is -0.830. The third-order valence-electron chi connectivity index (χ3n) is 2.64. The molecule has 1 aromatic heterocycles. The molecule has 82 valence electrons. The smallest absolute Gasteiger partial charge is 0.134 e. The minimum atomic E-state index is 0.237. The molecule has 0 unspecified atom stereocenters. The van der Waals surface area contributed by atoms with Crippen LogP contribution in [0.1, 0.15) is 38.9 Å². The zero-order valence-electron chi connectivity index (χ0n) is 9.18. The lowest BCUT2D eigenvalue weighted by molar-refractivity contribution is 0.797. The van der Waals surface area contributed by atoms with Crippen LogP contribution in [-0.2, 0) is 6.42 Å². The second-order valence-corrected chi connectivity index (χ2v) is 4.82. The van der Waals surface area contributed by atoms with Crippen LogP contribution in [0.15, 0.2) is 6.07 Å². The largest absolute Gasteiger partial charge is 0.365 e. The minimum Gasteiger partial charge on any atom is -0.365 e. The van der Waals surface area contributed by atoms with Crippen molar-refractivity contribution in [2.24, 2.45) is 0 Å². The third-order valence-corrected chi connectivity index (χ3v) is 2.84. The second kappa shape index (κ2) is 3.97. The summed E-state index contributed by atoms with van der Waals surface area (Å²) >= 11 is 5.94. The van der Waals surface area contributed by atoms with E-state index in [0.29, 0.717) is 5.15 Å². The van der Waals surface area contributed by atoms with Crippen LogP contribution in [0.4, 0.5) is 5.82 Å². The van der Waals surface area contributed by atoms with Crippen LogP contribution in [-0.4, -0.2) is 15.5 Å². The number of rotatable bonds is 4. The van der Waals surface area contributed by atoms with E-state index >= 15 is 0 Å². The maximum atomic E-state index is 5.94. The number of nitrogens with one attached hydrogen (secondary N) is 1. The molecule has 3 nitrogen and oxygen atoms in total. The molecule has 1 N–H and O–H groups in total. The van der Waals surface area contributed by atoms with Gasteiger partial charge in [0.25, 0.3) is 0 Å². The molecule has 15 heavy (non-hydrogen) atoms. The van der Waals surface area contributed by atoms with Crippen molar-refractivity contribution in [2.45, 2.75) is 45.1 Å². The molecule has 1 aliphatic carbocycles. The summed E-state index contributed by atoms with van der Waals surface area (Å²) in [4.78, 5) is 8.63. The fraction of sp³-hybridized carbons (Fsp3) is 0.636. The fourth-order valence-electron chi connectivity index (χ4n) is 1.49. The Kier molecular flexibility index (Phi) is 2.83. The lowest BCUT2D eigenvalue weighted by atomic mass is 10.3. The number of hydrogen-bond acceptors (Lipinski definition) is 3. The van der Waals surface area contributed by atoms with Crippen LogP contribution in [0.5, 0.6) is 0 Å². The van der Waals surface area contributed by atoms with Gasteiger partial charge in [0.2, 0.25) is 0 Å². The molecule has 1 heterocycles. The van der Waals surface area contributed by atoms with E-state index in [1.54, 1.807) is 6.07 Å². The predicted molar refractivity (Wildman–Crippen MR) is 62.3 cm³/mol. The van der Waals surface area contributed by atoms with Crippen LogP contribution in [0.3, 0.4) is 0 Å². The Morgan fingerprint density at radius 3 is 2.80 bits per heavy atom. The highest BCUT2D eigenvalue weighted by Crippen LogP contribution is 2.37. The normalized spacial score (nSPS) is 17.5. The Morgan fingerprint density at radius 2 is 2.20 bits per heavy atom. The first-order valence-electron chi connectivity index (χ1n) is 5.43. The third kappa shape index (κ3) is 2.81. The molecule has 0 amide bonds. The minimum absolute atomic E-state index is 0.237. The van der Waals surface area contributed by atoms with Crippen LogP contribution in [0.25, 0.3) is 0 Å². The summed E-state index contributed by atoms with van der Waals surface area (Å²) in [7, 11) is 0. The Balaban J connectivity index is 2.15. The van der Waals surface area contributed by atoms with Crippen molar-refractivity contribution >= 4 is 17.4 Å². The molecule has 1 aliphatic rings. The summed E-state index contributed by atoms with van der Waals surface area (Å²) in [6.45, 7) is 4.31. The number of hydrogen-bond donors (Lipinski definition) is 1. The van der Waals surface area contributed by atoms with Crippen molar-refractivity contribution in [3.63, 3.8) is 0 Å². The maximum Gasteiger partial charge on any atom is 0.134 e. The van der Waals surface area contributed by atoms with Crippen molar-refractivity contribution in [2.75, 3.05) is 5.32 Å². The molecule has 1 aromatic rings. The molecule has 2 rings (SSSR count). The molecular formula is C11H16ClN3. The average Bonchev–Trinajstić information content (AvgIpc) is 2.82. The van der Waals surface area contributed by atoms with Crippen LogP contribution in [0.2, 0.25) is 5.15 Å². The van der Waals surface area contributed by atoms with Gasteiger partial charge in [0.1, 0.15) is 16.8 Å². The van der Waals surface area contributed by atoms with Crippen LogP contribution < -0.4 is 5.32 Å². The lowest BCUT2D eigenvalue weighted by Gasteiger charge is -2.12. The van der Waals surface area contributed by atoms with Crippen LogP contribution in [0, 0.1) is 0 Å². The van der Waals surface area contributed by atoms with Gasteiger partial charge >= 0.3 is 0 Å². The first kappa shape index (κ1) is 10.7. The van der Waals surface area contributed by atoms with Crippen molar-refractivity contribution in [3.05, 3.63) is 17.0 Å². The summed E-state index contributed by atoms with van der Waals surface area (Å²) in [5.74, 6) is 1.69. The molecule has 0 aromatic carbocycles. The van der Waals surface area contributed by atoms with Gasteiger partial charge in [-0.15, -0.1) is 0 Å². The van der Waals surface area contributed by atoms with Gasteiger partial charge in [-0.05, 0) is 26.2 Å². The summed E-state index contributed by atoms with van der Waals surface area (Å²) in [6.07, 6.45) is 4.33. The molecule has 1 saturated carbocycles. The summed E-state index contributed by atoms with van der Waals surface area (Å²) < 4.78 is 0. The Labute approximate surface area is 95.3 Å². The molecule has 1 fully saturated rings. The summed E-state index contributed by atoms with van der Waals surface area (Å²) in [6, 6.07) is 1.80. The van der Waals surface area contributed by atoms with Crippen LogP contribution >= 0.6 is 11.6 Å². The van der Waals surface area contributed by atoms with Crippen molar-refractivity contribution in [1.29, 1.82) is 0 Å². The first-order chi connectivity index (χ1) is 7.11. The molecule has 0 atom stereocenters. The standard InChI is InChI=1S/C11H16ClN3/c1-3-4-9-13-8(12)7-10(14-9)15-11(2)5-6-11/h7H,3-6H2,1-2H3,(H,13,14,15). The quantitative estimate of drug-likeness (QED) is 0.801. The van der Waals surface area contributed by atoms with E-state index in [2.05, 4.69) is 29.1 Å². The molecular weight excluding hydrogens is 210 g/mol. The van der Waals surface area contributed by atoms with E-state index < -0.39 is 0 Å². The molecule has 0 saturated heterocycles. The van der Waals surface area contributed by atoms with Crippen molar-refractivity contribution in [3.8, 4) is 0 Å². The number of anilines is 1. The number of nitrogens with zero attached hydrogens (tertiary/aromatic N) is 2. The molecule has 0 radical (unpaired) electrons. The van der Waals surface area contributed by atoms with Gasteiger partial charge in [-0.25, -0.2) is 9.97 Å². The van der Waals surface area contributed by atoms with E-state index in [0.717, 1.165) is 24.5 Å². The van der Waals surface area contributed by atoms with E-state index in [1.165, 1.54) is 12.8 Å². The Bertz CT molecular complexity index is 361. The van der Waals surface area contributed by atoms with E-state index in [4.69, 9.17) is 11.6 Å². The molecule has 4 heteroatoms. The van der Waals surface area contributed by atoms with Gasteiger partial charge in [-0.3, -0.25) is 0 Å². The second-order valence-electron chi connectivity index (χ2n) is 4.43. The van der Waals surface area contributed by atoms with E-state index in [-0.39, 0.29) is 5.54 Å². The summed E-state index contributed by atoms with van der Waals surface area (Å²) in [5.41, 5.74) is 0.237. The zero-order chi connectivity index (χ0) is 10.9. The molecule has 0 aliphatic heterocycles. The lowest BCUT2D eigenvalue weighted by Crippen LogP contribution is -2.17. The van der Waals surface area contributed by atoms with Gasteiger partial charge in [0.05, 0.1) is 0 Å². The van der Waals surface area contributed by atoms with Gasteiger partial charge in [0, 0.05) is 18.0 Å². The van der Waals surface area contributed by atoms with E-state index in [9.17, 15) is 0 Å². The highest BCUT2D eigenvalue weighted by molar-refractivity contribution is 6.29. The SMILES string of the molecule is CCCc1nc(Cl)cc(NC2(C)CC2)n1. The number of aryl methyl sites for hydroxylation is 1. The Morgan fingerprint density at radius 1 is 1.47 bits per heavy atom. The zero-order valence-corrected chi connectivity index (χ0v) is 9.93. The highest BCUT2D eigenvalue weighted by atomic mass is 35.5. The van der Waals surface area contributed by atoms with E-state index in [1.807, 2.05) is 0 Å². The van der Waals surface area contributed by atoms with Gasteiger partial charge < -0.3 is 5.32 Å². The number of aromatic nitrogens is 2.